The highest BCUT2D eigenvalue weighted by Crippen LogP contribution is 2.41. The van der Waals surface area contributed by atoms with Crippen molar-refractivity contribution in [1.82, 2.24) is 0 Å². The standard InChI is InChI=1S/C71H89N3O10/c1-4-5-6-7-8-9-10-11-12-13-20-33-53(2)70(75)83-63-54(3)64(68(80-50-59-42-29-18-30-43-59)69(81-51-60-44-31-19-32-45-60)67(63)79-49-58-40-27-17-28-41-58)84-71-62(73-74-72)66(78-48-57-38-25-16-26-39-57)65(77-47-56-36-23-15-24-37-56)61(82-71)52-76-46-55-34-21-14-22-35-55/h14-19,21-32,34-45,53-54,61-69,71H,4-13,20,33,46-52H2,1-3H3/t53?,54?,61?,62?,63-,64+,65+,66+,67?,68+,69?,71+/m0/s1. The lowest BCUT2D eigenvalue weighted by atomic mass is 9.78. The van der Waals surface area contributed by atoms with E-state index >= 15 is 0 Å². The van der Waals surface area contributed by atoms with Gasteiger partial charge in [-0.3, -0.25) is 4.79 Å². The van der Waals surface area contributed by atoms with Crippen LogP contribution in [0.25, 0.3) is 10.4 Å². The Kier molecular flexibility index (Phi) is 27.3. The molecule has 8 rings (SSSR count). The number of carbonyl (C=O) groups excluding carboxylic acids is 1. The number of nitrogens with zero attached hydrogens (tertiary/aromatic N) is 3. The second-order valence-corrected chi connectivity index (χ2v) is 22.6. The van der Waals surface area contributed by atoms with E-state index in [1.54, 1.807) is 0 Å². The molecule has 2 fully saturated rings. The largest absolute Gasteiger partial charge is 0.459 e. The van der Waals surface area contributed by atoms with E-state index in [4.69, 9.17) is 42.6 Å². The van der Waals surface area contributed by atoms with Crippen LogP contribution in [0.2, 0.25) is 0 Å². The zero-order chi connectivity index (χ0) is 58.4. The molecule has 6 aromatic carbocycles. The fourth-order valence-corrected chi connectivity index (χ4v) is 11.3. The molecule has 84 heavy (non-hydrogen) atoms. The molecule has 0 radical (unpaired) electrons. The van der Waals surface area contributed by atoms with E-state index in [1.165, 1.54) is 51.4 Å². The van der Waals surface area contributed by atoms with Gasteiger partial charge in [-0.25, -0.2) is 0 Å². The zero-order valence-corrected chi connectivity index (χ0v) is 49.6. The fourth-order valence-electron chi connectivity index (χ4n) is 11.3. The van der Waals surface area contributed by atoms with Gasteiger partial charge in [0.2, 0.25) is 0 Å². The monoisotopic (exact) mass is 1140 g/mol. The number of hydrogen-bond donors (Lipinski definition) is 0. The molecule has 0 N–H and O–H groups in total. The molecular formula is C71H89N3O10. The number of rotatable bonds is 36. The van der Waals surface area contributed by atoms with Crippen LogP contribution in [0.15, 0.2) is 187 Å². The molecule has 13 nitrogen and oxygen atoms in total. The summed E-state index contributed by atoms with van der Waals surface area (Å²) in [4.78, 5) is 18.2. The van der Waals surface area contributed by atoms with E-state index in [1.807, 2.05) is 196 Å². The van der Waals surface area contributed by atoms with Crippen LogP contribution >= 0.6 is 0 Å². The summed E-state index contributed by atoms with van der Waals surface area (Å²) in [5, 5.41) is 4.47. The number of azide groups is 1. The molecule has 1 aliphatic heterocycles. The van der Waals surface area contributed by atoms with Gasteiger partial charge < -0.3 is 42.6 Å². The summed E-state index contributed by atoms with van der Waals surface area (Å²) in [7, 11) is 0. The summed E-state index contributed by atoms with van der Waals surface area (Å²) >= 11 is 0. The van der Waals surface area contributed by atoms with Crippen LogP contribution in [-0.4, -0.2) is 73.7 Å². The molecule has 0 amide bonds. The summed E-state index contributed by atoms with van der Waals surface area (Å²) in [6, 6.07) is 58.4. The molecule has 1 heterocycles. The zero-order valence-electron chi connectivity index (χ0n) is 49.6. The number of unbranched alkanes of at least 4 members (excludes halogenated alkanes) is 10. The average Bonchev–Trinajstić information content (AvgIpc) is 3.47. The van der Waals surface area contributed by atoms with Crippen molar-refractivity contribution in [2.45, 2.75) is 199 Å². The van der Waals surface area contributed by atoms with Crippen molar-refractivity contribution in [2.24, 2.45) is 17.0 Å². The lowest BCUT2D eigenvalue weighted by Gasteiger charge is -2.51. The Hall–Kier alpha value is -6.22. The average molecular weight is 1140 g/mol. The van der Waals surface area contributed by atoms with Crippen molar-refractivity contribution in [3.63, 3.8) is 0 Å². The van der Waals surface area contributed by atoms with Crippen LogP contribution in [-0.2, 0) is 87.1 Å². The van der Waals surface area contributed by atoms with Crippen LogP contribution < -0.4 is 0 Å². The lowest BCUT2D eigenvalue weighted by molar-refractivity contribution is -0.329. The SMILES string of the molecule is CCCCCCCCCCCCCC(C)C(=O)O[C@@H]1C(OCc2ccccc2)C(OCc2ccccc2)[C@H](OCc2ccccc2)[C@H](O[C@H]2OC(COCc3ccccc3)[C@@H](OCc3ccccc3)[C@H](OCc3ccccc3)C2N=[N+]=[N-])C1C. The summed E-state index contributed by atoms with van der Waals surface area (Å²) in [6.07, 6.45) is 5.95. The number of benzene rings is 6. The molecule has 2 aliphatic rings. The first-order chi connectivity index (χ1) is 41.4. The van der Waals surface area contributed by atoms with Crippen molar-refractivity contribution < 1.29 is 47.4 Å². The van der Waals surface area contributed by atoms with Crippen LogP contribution in [0, 0.1) is 11.8 Å². The molecule has 13 heteroatoms. The Labute approximate surface area is 499 Å². The van der Waals surface area contributed by atoms with E-state index in [-0.39, 0.29) is 51.5 Å². The summed E-state index contributed by atoms with van der Waals surface area (Å²) in [6.45, 7) is 7.58. The Bertz CT molecular complexity index is 2760. The van der Waals surface area contributed by atoms with Crippen LogP contribution in [0.4, 0.5) is 0 Å². The molecule has 1 saturated carbocycles. The van der Waals surface area contributed by atoms with Crippen molar-refractivity contribution >= 4 is 5.97 Å². The maximum atomic E-state index is 14.8. The summed E-state index contributed by atoms with van der Waals surface area (Å²) in [5.74, 6) is -1.32. The van der Waals surface area contributed by atoms with Crippen LogP contribution in [0.3, 0.4) is 0 Å². The first-order valence-corrected chi connectivity index (χ1v) is 30.8. The van der Waals surface area contributed by atoms with Crippen LogP contribution in [0.5, 0.6) is 0 Å². The van der Waals surface area contributed by atoms with Gasteiger partial charge in [-0.1, -0.05) is 279 Å². The number of hydrogen-bond acceptors (Lipinski definition) is 11. The smallest absolute Gasteiger partial charge is 0.309 e. The first-order valence-electron chi connectivity index (χ1n) is 30.8. The predicted octanol–water partition coefficient (Wildman–Crippen LogP) is 15.8. The molecule has 0 spiro atoms. The van der Waals surface area contributed by atoms with Gasteiger partial charge in [-0.05, 0) is 45.3 Å². The lowest BCUT2D eigenvalue weighted by Crippen LogP contribution is -2.67. The van der Waals surface area contributed by atoms with Crippen molar-refractivity contribution in [3.05, 3.63) is 226 Å². The number of esters is 1. The number of ether oxygens (including phenoxy) is 9. The predicted molar refractivity (Wildman–Crippen MR) is 327 cm³/mol. The molecule has 0 bridgehead atoms. The minimum Gasteiger partial charge on any atom is -0.459 e. The topological polar surface area (TPSA) is 149 Å². The molecule has 0 aromatic heterocycles. The van der Waals surface area contributed by atoms with E-state index in [0.29, 0.717) is 13.0 Å². The highest BCUT2D eigenvalue weighted by Gasteiger charge is 2.57. The third kappa shape index (κ3) is 20.2. The van der Waals surface area contributed by atoms with E-state index in [0.717, 1.165) is 52.6 Å². The van der Waals surface area contributed by atoms with Gasteiger partial charge in [0.05, 0.1) is 58.3 Å². The molecule has 1 saturated heterocycles. The van der Waals surface area contributed by atoms with Crippen LogP contribution in [0.1, 0.15) is 131 Å². The summed E-state index contributed by atoms with van der Waals surface area (Å²) in [5.41, 5.74) is 16.2. The fraction of sp³-hybridized carbons (Fsp3) is 0.479. The van der Waals surface area contributed by atoms with Gasteiger partial charge in [-0.2, -0.15) is 0 Å². The Morgan fingerprint density at radius 2 is 0.833 bits per heavy atom. The molecule has 1 aliphatic carbocycles. The normalized spacial score (nSPS) is 23.5. The maximum Gasteiger partial charge on any atom is 0.309 e. The van der Waals surface area contributed by atoms with E-state index in [2.05, 4.69) is 16.9 Å². The molecule has 448 valence electrons. The second kappa shape index (κ2) is 35.9. The van der Waals surface area contributed by atoms with Crippen molar-refractivity contribution in [1.29, 1.82) is 0 Å². The second-order valence-electron chi connectivity index (χ2n) is 22.6. The van der Waals surface area contributed by atoms with Crippen molar-refractivity contribution in [2.75, 3.05) is 6.61 Å². The van der Waals surface area contributed by atoms with Gasteiger partial charge in [0, 0.05) is 10.8 Å². The quantitative estimate of drug-likeness (QED) is 0.0122. The van der Waals surface area contributed by atoms with Crippen molar-refractivity contribution in [3.8, 4) is 0 Å². The van der Waals surface area contributed by atoms with E-state index in [9.17, 15) is 10.3 Å². The third-order valence-corrected chi connectivity index (χ3v) is 16.1. The molecule has 12 atom stereocenters. The molecule has 6 unspecified atom stereocenters. The number of carbonyl (C=O) groups is 1. The minimum atomic E-state index is -1.26. The van der Waals surface area contributed by atoms with Gasteiger partial charge in [0.15, 0.2) is 6.29 Å². The maximum absolute atomic E-state index is 14.8. The molecule has 6 aromatic rings. The van der Waals surface area contributed by atoms with Gasteiger partial charge in [0.25, 0.3) is 0 Å². The highest BCUT2D eigenvalue weighted by atomic mass is 16.7. The third-order valence-electron chi connectivity index (χ3n) is 16.1. The Balaban J connectivity index is 1.14. The van der Waals surface area contributed by atoms with Gasteiger partial charge >= 0.3 is 5.97 Å². The Morgan fingerprint density at radius 1 is 0.476 bits per heavy atom. The Morgan fingerprint density at radius 3 is 1.25 bits per heavy atom. The first kappa shape index (κ1) is 63.8. The van der Waals surface area contributed by atoms with E-state index < -0.39 is 67.1 Å². The summed E-state index contributed by atoms with van der Waals surface area (Å²) < 4.78 is 63.1. The highest BCUT2D eigenvalue weighted by molar-refractivity contribution is 5.72. The van der Waals surface area contributed by atoms with Gasteiger partial charge in [-0.15, -0.1) is 0 Å². The molecular weight excluding hydrogens is 1050 g/mol. The minimum absolute atomic E-state index is 0.0754. The van der Waals surface area contributed by atoms with Gasteiger partial charge in [0.1, 0.15) is 48.8 Å².